The second kappa shape index (κ2) is 7.69. The Morgan fingerprint density at radius 1 is 1.25 bits per heavy atom. The lowest BCUT2D eigenvalue weighted by Gasteiger charge is -2.37. The minimum absolute atomic E-state index is 0.00565. The molecule has 0 radical (unpaired) electrons. The fourth-order valence-corrected chi connectivity index (χ4v) is 2.70. The number of aromatic nitrogens is 2. The average Bonchev–Trinajstić information content (AvgIpc) is 3.01. The van der Waals surface area contributed by atoms with Crippen molar-refractivity contribution < 1.29 is 18.4 Å². The number of carbonyl (C=O) groups excluding carboxylic acids is 2. The number of rotatable bonds is 5. The molecule has 1 aliphatic rings. The van der Waals surface area contributed by atoms with Crippen LogP contribution in [0.2, 0.25) is 0 Å². The van der Waals surface area contributed by atoms with Gasteiger partial charge in [0.15, 0.2) is 0 Å². The first-order valence-corrected chi connectivity index (χ1v) is 7.85. The first-order valence-electron chi connectivity index (χ1n) is 7.85. The maximum absolute atomic E-state index is 12.9. The molecule has 1 aromatic rings. The van der Waals surface area contributed by atoms with E-state index < -0.39 is 12.6 Å². The summed E-state index contributed by atoms with van der Waals surface area (Å²) in [6, 6.07) is -0.461. The molecule has 7 nitrogen and oxygen atoms in total. The normalized spacial score (nSPS) is 16.8. The molecular formula is C15H23F2N5O2. The molecule has 2 amide bonds. The van der Waals surface area contributed by atoms with E-state index in [1.807, 2.05) is 0 Å². The summed E-state index contributed by atoms with van der Waals surface area (Å²) in [5.74, 6) is 0.149. The zero-order valence-corrected chi connectivity index (χ0v) is 14.2. The van der Waals surface area contributed by atoms with E-state index in [4.69, 9.17) is 0 Å². The standard InChI is InChI=1S/C15H23F2N5O2/c1-11(14(24)21-8-6-20(7-9-21)12(2)23)19(3)10-13-18-4-5-22(13)15(16)17/h4-5,11,15H,6-10H2,1-3H3. The minimum atomic E-state index is -2.65. The Morgan fingerprint density at radius 2 is 1.83 bits per heavy atom. The molecule has 1 atom stereocenters. The smallest absolute Gasteiger partial charge is 0.319 e. The lowest BCUT2D eigenvalue weighted by Crippen LogP contribution is -2.54. The van der Waals surface area contributed by atoms with Crippen LogP contribution in [0.25, 0.3) is 0 Å². The SMILES string of the molecule is CC(=O)N1CCN(C(=O)C(C)N(C)Cc2nccn2C(F)F)CC1. The highest BCUT2D eigenvalue weighted by molar-refractivity contribution is 5.82. The summed E-state index contributed by atoms with van der Waals surface area (Å²) in [4.78, 5) is 32.9. The number of nitrogens with zero attached hydrogens (tertiary/aromatic N) is 5. The van der Waals surface area contributed by atoms with Crippen molar-refractivity contribution in [2.24, 2.45) is 0 Å². The van der Waals surface area contributed by atoms with Crippen LogP contribution in [0, 0.1) is 0 Å². The van der Waals surface area contributed by atoms with Crippen LogP contribution in [0.15, 0.2) is 12.4 Å². The van der Waals surface area contributed by atoms with Gasteiger partial charge >= 0.3 is 6.55 Å². The molecule has 9 heteroatoms. The fourth-order valence-electron chi connectivity index (χ4n) is 2.70. The summed E-state index contributed by atoms with van der Waals surface area (Å²) in [5.41, 5.74) is 0. The minimum Gasteiger partial charge on any atom is -0.339 e. The Balaban J connectivity index is 1.93. The molecule has 134 valence electrons. The van der Waals surface area contributed by atoms with Crippen LogP contribution < -0.4 is 0 Å². The largest absolute Gasteiger partial charge is 0.339 e. The number of hydrogen-bond acceptors (Lipinski definition) is 4. The molecule has 0 saturated carbocycles. The summed E-state index contributed by atoms with van der Waals surface area (Å²) in [5, 5.41) is 0. The monoisotopic (exact) mass is 343 g/mol. The molecule has 0 N–H and O–H groups in total. The van der Waals surface area contributed by atoms with E-state index in [0.29, 0.717) is 26.2 Å². The van der Waals surface area contributed by atoms with Gasteiger partial charge in [0.2, 0.25) is 11.8 Å². The van der Waals surface area contributed by atoms with Crippen molar-refractivity contribution in [1.29, 1.82) is 0 Å². The maximum Gasteiger partial charge on any atom is 0.319 e. The van der Waals surface area contributed by atoms with E-state index in [2.05, 4.69) is 4.98 Å². The Hall–Kier alpha value is -2.03. The van der Waals surface area contributed by atoms with Gasteiger partial charge in [0, 0.05) is 45.5 Å². The van der Waals surface area contributed by atoms with Gasteiger partial charge in [-0.25, -0.2) is 4.98 Å². The summed E-state index contributed by atoms with van der Waals surface area (Å²) < 4.78 is 26.5. The van der Waals surface area contributed by atoms with Crippen LogP contribution in [-0.4, -0.2) is 75.3 Å². The summed E-state index contributed by atoms with van der Waals surface area (Å²) in [6.07, 6.45) is 2.55. The van der Waals surface area contributed by atoms with Gasteiger partial charge < -0.3 is 9.80 Å². The molecule has 0 spiro atoms. The number of imidazole rings is 1. The third-order valence-corrected chi connectivity index (χ3v) is 4.41. The van der Waals surface area contributed by atoms with Crippen LogP contribution in [0.3, 0.4) is 0 Å². The van der Waals surface area contributed by atoms with E-state index in [1.165, 1.54) is 19.3 Å². The van der Waals surface area contributed by atoms with Crippen molar-refractivity contribution >= 4 is 11.8 Å². The van der Waals surface area contributed by atoms with Crippen LogP contribution in [-0.2, 0) is 16.1 Å². The zero-order valence-electron chi connectivity index (χ0n) is 14.2. The van der Waals surface area contributed by atoms with Gasteiger partial charge in [-0.15, -0.1) is 0 Å². The first kappa shape index (κ1) is 18.3. The molecule has 2 rings (SSSR count). The van der Waals surface area contributed by atoms with Crippen LogP contribution in [0.5, 0.6) is 0 Å². The second-order valence-corrected chi connectivity index (χ2v) is 5.95. The third-order valence-electron chi connectivity index (χ3n) is 4.41. The number of alkyl halides is 2. The Labute approximate surface area is 139 Å². The summed E-state index contributed by atoms with van der Waals surface area (Å²) in [7, 11) is 1.71. The highest BCUT2D eigenvalue weighted by atomic mass is 19.3. The topological polar surface area (TPSA) is 61.7 Å². The van der Waals surface area contributed by atoms with E-state index in [9.17, 15) is 18.4 Å². The van der Waals surface area contributed by atoms with Gasteiger partial charge in [-0.2, -0.15) is 8.78 Å². The first-order chi connectivity index (χ1) is 11.3. The van der Waals surface area contributed by atoms with Gasteiger partial charge in [0.1, 0.15) is 5.82 Å². The second-order valence-electron chi connectivity index (χ2n) is 5.95. The molecule has 0 bridgehead atoms. The van der Waals surface area contributed by atoms with Crippen molar-refractivity contribution in [2.75, 3.05) is 33.2 Å². The average molecular weight is 343 g/mol. The molecule has 24 heavy (non-hydrogen) atoms. The number of halogens is 2. The Morgan fingerprint density at radius 3 is 2.38 bits per heavy atom. The van der Waals surface area contributed by atoms with Gasteiger partial charge in [-0.05, 0) is 14.0 Å². The number of likely N-dealkylation sites (N-methyl/N-ethyl adjacent to an activating group) is 1. The quantitative estimate of drug-likeness (QED) is 0.793. The van der Waals surface area contributed by atoms with Gasteiger partial charge in [0.25, 0.3) is 0 Å². The lowest BCUT2D eigenvalue weighted by atomic mass is 10.2. The molecule has 1 aromatic heterocycles. The molecule has 1 saturated heterocycles. The molecule has 0 aliphatic carbocycles. The third kappa shape index (κ3) is 4.08. The molecule has 1 fully saturated rings. The highest BCUT2D eigenvalue weighted by Crippen LogP contribution is 2.15. The number of hydrogen-bond donors (Lipinski definition) is 0. The lowest BCUT2D eigenvalue weighted by molar-refractivity contribution is -0.141. The van der Waals surface area contributed by atoms with Crippen molar-refractivity contribution in [3.63, 3.8) is 0 Å². The van der Waals surface area contributed by atoms with Crippen molar-refractivity contribution in [3.05, 3.63) is 18.2 Å². The number of carbonyl (C=O) groups is 2. The van der Waals surface area contributed by atoms with Crippen LogP contribution in [0.4, 0.5) is 8.78 Å². The number of amides is 2. The van der Waals surface area contributed by atoms with Crippen molar-refractivity contribution in [3.8, 4) is 0 Å². The fraction of sp³-hybridized carbons (Fsp3) is 0.667. The van der Waals surface area contributed by atoms with E-state index in [0.717, 1.165) is 4.57 Å². The Bertz CT molecular complexity index is 584. The zero-order chi connectivity index (χ0) is 17.9. The Kier molecular flexibility index (Phi) is 5.87. The van der Waals surface area contributed by atoms with Crippen LogP contribution >= 0.6 is 0 Å². The predicted molar refractivity (Wildman–Crippen MR) is 83.2 cm³/mol. The highest BCUT2D eigenvalue weighted by Gasteiger charge is 2.28. The summed E-state index contributed by atoms with van der Waals surface area (Å²) >= 11 is 0. The van der Waals surface area contributed by atoms with E-state index in [1.54, 1.807) is 28.7 Å². The summed E-state index contributed by atoms with van der Waals surface area (Å²) in [6.45, 7) is 2.78. The molecule has 2 heterocycles. The number of piperazine rings is 1. The molecule has 1 aliphatic heterocycles. The molecule has 0 aromatic carbocycles. The predicted octanol–water partition coefficient (Wildman–Crippen LogP) is 0.789. The maximum atomic E-state index is 12.9. The van der Waals surface area contributed by atoms with Crippen LogP contribution in [0.1, 0.15) is 26.2 Å². The van der Waals surface area contributed by atoms with Crippen molar-refractivity contribution in [2.45, 2.75) is 33.0 Å². The molecule has 1 unspecified atom stereocenters. The van der Waals surface area contributed by atoms with Crippen molar-refractivity contribution in [1.82, 2.24) is 24.3 Å². The molecular weight excluding hydrogens is 320 g/mol. The van der Waals surface area contributed by atoms with Gasteiger partial charge in [-0.3, -0.25) is 19.1 Å². The van der Waals surface area contributed by atoms with Gasteiger partial charge in [0.05, 0.1) is 12.6 Å². The van der Waals surface area contributed by atoms with E-state index >= 15 is 0 Å². The van der Waals surface area contributed by atoms with E-state index in [-0.39, 0.29) is 24.2 Å². The van der Waals surface area contributed by atoms with Gasteiger partial charge in [-0.1, -0.05) is 0 Å².